The predicted octanol–water partition coefficient (Wildman–Crippen LogP) is 4.24. The first kappa shape index (κ1) is 16.0. The van der Waals surface area contributed by atoms with Crippen molar-refractivity contribution < 1.29 is 13.9 Å². The molecule has 0 saturated carbocycles. The lowest BCUT2D eigenvalue weighted by atomic mass is 10.00. The van der Waals surface area contributed by atoms with Crippen LogP contribution in [0.4, 0.5) is 4.39 Å². The van der Waals surface area contributed by atoms with Crippen LogP contribution in [0.2, 0.25) is 0 Å². The lowest BCUT2D eigenvalue weighted by Crippen LogP contribution is -2.31. The van der Waals surface area contributed by atoms with Crippen LogP contribution in [-0.4, -0.2) is 12.5 Å². The summed E-state index contributed by atoms with van der Waals surface area (Å²) < 4.78 is 18.2. The molecule has 3 aromatic rings. The lowest BCUT2D eigenvalue weighted by Gasteiger charge is -2.17. The quantitative estimate of drug-likeness (QED) is 0.763. The van der Waals surface area contributed by atoms with E-state index in [0.29, 0.717) is 5.75 Å². The molecule has 0 spiro atoms. The number of amides is 1. The van der Waals surface area contributed by atoms with Gasteiger partial charge in [0.1, 0.15) is 11.6 Å². The van der Waals surface area contributed by atoms with E-state index in [9.17, 15) is 9.18 Å². The van der Waals surface area contributed by atoms with Gasteiger partial charge in [0.2, 0.25) is 0 Å². The number of halogens is 1. The maximum absolute atomic E-state index is 12.8. The highest BCUT2D eigenvalue weighted by molar-refractivity contribution is 5.87. The van der Waals surface area contributed by atoms with Crippen LogP contribution >= 0.6 is 0 Å². The zero-order chi connectivity index (χ0) is 16.9. The Hall–Kier alpha value is -2.88. The van der Waals surface area contributed by atoms with Gasteiger partial charge in [-0.2, -0.15) is 0 Å². The van der Waals surface area contributed by atoms with Crippen molar-refractivity contribution >= 4 is 16.7 Å². The fourth-order valence-electron chi connectivity index (χ4n) is 2.67. The second kappa shape index (κ2) is 7.13. The molecule has 1 N–H and O–H groups in total. The Kier molecular flexibility index (Phi) is 4.75. The first-order valence-electron chi connectivity index (χ1n) is 7.79. The van der Waals surface area contributed by atoms with E-state index in [0.717, 1.165) is 16.3 Å². The maximum atomic E-state index is 12.8. The van der Waals surface area contributed by atoms with Crippen molar-refractivity contribution in [2.45, 2.75) is 13.0 Å². The van der Waals surface area contributed by atoms with E-state index in [4.69, 9.17) is 4.74 Å². The molecule has 0 aromatic heterocycles. The van der Waals surface area contributed by atoms with Gasteiger partial charge in [-0.1, -0.05) is 42.5 Å². The number of carbonyl (C=O) groups excluding carboxylic acids is 1. The van der Waals surface area contributed by atoms with Crippen molar-refractivity contribution in [2.75, 3.05) is 6.61 Å². The van der Waals surface area contributed by atoms with Crippen LogP contribution in [0.1, 0.15) is 18.5 Å². The first-order chi connectivity index (χ1) is 11.6. The molecular formula is C20H18FNO2. The fourth-order valence-corrected chi connectivity index (χ4v) is 2.67. The second-order valence-electron chi connectivity index (χ2n) is 5.60. The monoisotopic (exact) mass is 323 g/mol. The Labute approximate surface area is 140 Å². The van der Waals surface area contributed by atoms with Gasteiger partial charge in [0.05, 0.1) is 6.04 Å². The molecule has 1 atom stereocenters. The van der Waals surface area contributed by atoms with Gasteiger partial charge in [-0.05, 0) is 47.5 Å². The highest BCUT2D eigenvalue weighted by Crippen LogP contribution is 2.24. The number of nitrogens with one attached hydrogen (secondary N) is 1. The zero-order valence-electron chi connectivity index (χ0n) is 13.3. The van der Waals surface area contributed by atoms with Gasteiger partial charge in [-0.15, -0.1) is 0 Å². The molecular weight excluding hydrogens is 305 g/mol. The highest BCUT2D eigenvalue weighted by atomic mass is 19.1. The molecule has 0 saturated heterocycles. The van der Waals surface area contributed by atoms with Gasteiger partial charge in [0.25, 0.3) is 5.91 Å². The molecule has 3 aromatic carbocycles. The third kappa shape index (κ3) is 3.71. The van der Waals surface area contributed by atoms with Crippen molar-refractivity contribution in [3.05, 3.63) is 78.1 Å². The van der Waals surface area contributed by atoms with Crippen molar-refractivity contribution in [2.24, 2.45) is 0 Å². The minimum absolute atomic E-state index is 0.110. The molecule has 1 amide bonds. The van der Waals surface area contributed by atoms with E-state index >= 15 is 0 Å². The zero-order valence-corrected chi connectivity index (χ0v) is 13.3. The van der Waals surface area contributed by atoms with E-state index < -0.39 is 0 Å². The Morgan fingerprint density at radius 1 is 1.04 bits per heavy atom. The molecule has 1 unspecified atom stereocenters. The van der Waals surface area contributed by atoms with Gasteiger partial charge < -0.3 is 10.1 Å². The molecule has 3 rings (SSSR count). The van der Waals surface area contributed by atoms with E-state index in [1.165, 1.54) is 24.3 Å². The SMILES string of the molecule is CC(NC(=O)COc1ccc(F)cc1)c1cccc2ccccc12. The predicted molar refractivity (Wildman–Crippen MR) is 92.4 cm³/mol. The summed E-state index contributed by atoms with van der Waals surface area (Å²) in [5, 5.41) is 5.19. The number of carbonyl (C=O) groups is 1. The number of rotatable bonds is 5. The van der Waals surface area contributed by atoms with Crippen LogP contribution in [0.25, 0.3) is 10.8 Å². The third-order valence-electron chi connectivity index (χ3n) is 3.85. The number of benzene rings is 3. The van der Waals surface area contributed by atoms with Gasteiger partial charge in [0.15, 0.2) is 6.61 Å². The average Bonchev–Trinajstić information content (AvgIpc) is 2.60. The second-order valence-corrected chi connectivity index (χ2v) is 5.60. The molecule has 122 valence electrons. The molecule has 0 heterocycles. The first-order valence-corrected chi connectivity index (χ1v) is 7.79. The Bertz CT molecular complexity index is 840. The van der Waals surface area contributed by atoms with E-state index in [1.54, 1.807) is 0 Å². The summed E-state index contributed by atoms with van der Waals surface area (Å²) in [7, 11) is 0. The van der Waals surface area contributed by atoms with E-state index in [2.05, 4.69) is 5.32 Å². The average molecular weight is 323 g/mol. The Balaban J connectivity index is 1.64. The summed E-state index contributed by atoms with van der Waals surface area (Å²) in [6.07, 6.45) is 0. The molecule has 0 aliphatic rings. The molecule has 0 bridgehead atoms. The van der Waals surface area contributed by atoms with Crippen LogP contribution in [0.15, 0.2) is 66.7 Å². The van der Waals surface area contributed by atoms with Crippen LogP contribution < -0.4 is 10.1 Å². The minimum atomic E-state index is -0.337. The van der Waals surface area contributed by atoms with Crippen molar-refractivity contribution in [3.63, 3.8) is 0 Å². The molecule has 3 nitrogen and oxygen atoms in total. The van der Waals surface area contributed by atoms with E-state index in [1.807, 2.05) is 49.4 Å². The number of fused-ring (bicyclic) bond motifs is 1. The summed E-state index contributed by atoms with van der Waals surface area (Å²) in [6, 6.07) is 19.6. The molecule has 24 heavy (non-hydrogen) atoms. The molecule has 0 aliphatic carbocycles. The summed E-state index contributed by atoms with van der Waals surface area (Å²) >= 11 is 0. The third-order valence-corrected chi connectivity index (χ3v) is 3.85. The van der Waals surface area contributed by atoms with Gasteiger partial charge in [-0.3, -0.25) is 4.79 Å². The number of ether oxygens (including phenoxy) is 1. The molecule has 0 aliphatic heterocycles. The minimum Gasteiger partial charge on any atom is -0.484 e. The van der Waals surface area contributed by atoms with Gasteiger partial charge in [-0.25, -0.2) is 4.39 Å². The Morgan fingerprint density at radius 2 is 1.75 bits per heavy atom. The fraction of sp³-hybridized carbons (Fsp3) is 0.150. The van der Waals surface area contributed by atoms with Crippen LogP contribution in [0.3, 0.4) is 0 Å². The summed E-state index contributed by atoms with van der Waals surface area (Å²) in [6.45, 7) is 1.83. The molecule has 0 fully saturated rings. The van der Waals surface area contributed by atoms with Crippen molar-refractivity contribution in [1.29, 1.82) is 0 Å². The topological polar surface area (TPSA) is 38.3 Å². The maximum Gasteiger partial charge on any atom is 0.258 e. The van der Waals surface area contributed by atoms with Crippen LogP contribution in [0.5, 0.6) is 5.75 Å². The number of hydrogen-bond donors (Lipinski definition) is 1. The Morgan fingerprint density at radius 3 is 2.54 bits per heavy atom. The number of hydrogen-bond acceptors (Lipinski definition) is 2. The summed E-state index contributed by atoms with van der Waals surface area (Å²) in [5.41, 5.74) is 1.06. The normalized spacial score (nSPS) is 11.9. The lowest BCUT2D eigenvalue weighted by molar-refractivity contribution is -0.123. The summed E-state index contributed by atoms with van der Waals surface area (Å²) in [4.78, 5) is 12.1. The smallest absolute Gasteiger partial charge is 0.258 e. The largest absolute Gasteiger partial charge is 0.484 e. The molecule has 4 heteroatoms. The van der Waals surface area contributed by atoms with E-state index in [-0.39, 0.29) is 24.4 Å². The molecule has 0 radical (unpaired) electrons. The summed E-state index contributed by atoms with van der Waals surface area (Å²) in [5.74, 6) is -0.0968. The van der Waals surface area contributed by atoms with Gasteiger partial charge >= 0.3 is 0 Å². The van der Waals surface area contributed by atoms with Crippen LogP contribution in [0, 0.1) is 5.82 Å². The standard InChI is InChI=1S/C20H18FNO2/c1-14(18-8-4-6-15-5-2-3-7-19(15)18)22-20(23)13-24-17-11-9-16(21)10-12-17/h2-12,14H,13H2,1H3,(H,22,23). The van der Waals surface area contributed by atoms with Crippen molar-refractivity contribution in [3.8, 4) is 5.75 Å². The van der Waals surface area contributed by atoms with Crippen LogP contribution in [-0.2, 0) is 4.79 Å². The van der Waals surface area contributed by atoms with Crippen molar-refractivity contribution in [1.82, 2.24) is 5.32 Å². The highest BCUT2D eigenvalue weighted by Gasteiger charge is 2.12. The van der Waals surface area contributed by atoms with Gasteiger partial charge in [0, 0.05) is 0 Å².